The summed E-state index contributed by atoms with van der Waals surface area (Å²) in [5, 5.41) is -1.39. The van der Waals surface area contributed by atoms with Crippen molar-refractivity contribution >= 4 is 23.3 Å². The Morgan fingerprint density at radius 1 is 1.20 bits per heavy atom. The molecule has 2 bridgehead atoms. The molecule has 0 radical (unpaired) electrons. The Morgan fingerprint density at radius 3 is 2.43 bits per heavy atom. The Bertz CT molecular complexity index is 671. The number of ether oxygens (including phenoxy) is 5. The third-order valence-corrected chi connectivity index (χ3v) is 8.04. The monoisotopic (exact) mass is 446 g/mol. The minimum atomic E-state index is -4.16. The van der Waals surface area contributed by atoms with Gasteiger partial charge in [0.25, 0.3) is 0 Å². The zero-order valence-corrected chi connectivity index (χ0v) is 20.4. The summed E-state index contributed by atoms with van der Waals surface area (Å²) in [7, 11) is -0.258. The molecule has 8 unspecified atom stereocenters. The predicted molar refractivity (Wildman–Crippen MR) is 117 cm³/mol. The van der Waals surface area contributed by atoms with Gasteiger partial charge in [-0.2, -0.15) is 0 Å². The molecule has 0 amide bonds. The van der Waals surface area contributed by atoms with Gasteiger partial charge in [0.05, 0.1) is 37.0 Å². The summed E-state index contributed by atoms with van der Waals surface area (Å²) in [6, 6.07) is -0.121. The summed E-state index contributed by atoms with van der Waals surface area (Å²) < 4.78 is 49.0. The summed E-state index contributed by atoms with van der Waals surface area (Å²) >= 11 is 0. The lowest BCUT2D eigenvalue weighted by Crippen LogP contribution is -2.49. The fourth-order valence-corrected chi connectivity index (χ4v) is 5.51. The van der Waals surface area contributed by atoms with Crippen molar-refractivity contribution in [3.05, 3.63) is 0 Å². The first-order valence-electron chi connectivity index (χ1n) is 11.0. The zero-order chi connectivity index (χ0) is 22.5. The van der Waals surface area contributed by atoms with Gasteiger partial charge >= 0.3 is 7.60 Å². The van der Waals surface area contributed by atoms with Gasteiger partial charge in [-0.3, -0.25) is 4.57 Å². The van der Waals surface area contributed by atoms with E-state index >= 15 is 0 Å². The van der Waals surface area contributed by atoms with E-state index in [1.165, 1.54) is 0 Å². The fourth-order valence-electron chi connectivity index (χ4n) is 4.53. The van der Waals surface area contributed by atoms with E-state index in [0.717, 1.165) is 6.42 Å². The van der Waals surface area contributed by atoms with Crippen LogP contribution >= 0.6 is 7.60 Å². The molecular formula is C19H37B2O8P. The SMILES string of the molecule is BC1CC(OC(C)(C)P(=O)(O)OCC23COC(C(B)O2)C3OC(C)(C)C)C(CC)O1. The van der Waals surface area contributed by atoms with E-state index in [9.17, 15) is 9.46 Å². The van der Waals surface area contributed by atoms with Crippen LogP contribution in [0.5, 0.6) is 0 Å². The lowest BCUT2D eigenvalue weighted by atomic mass is 9.91. The van der Waals surface area contributed by atoms with E-state index in [0.29, 0.717) is 6.42 Å². The first-order chi connectivity index (χ1) is 13.7. The van der Waals surface area contributed by atoms with Crippen molar-refractivity contribution in [3.8, 4) is 0 Å². The molecule has 1 N–H and O–H groups in total. The number of hydrogen-bond donors (Lipinski definition) is 1. The van der Waals surface area contributed by atoms with Crippen molar-refractivity contribution in [1.29, 1.82) is 0 Å². The summed E-state index contributed by atoms with van der Waals surface area (Å²) in [4.78, 5) is 10.8. The molecule has 3 heterocycles. The molecule has 3 aliphatic rings. The second kappa shape index (κ2) is 8.45. The predicted octanol–water partition coefficient (Wildman–Crippen LogP) is 0.778. The van der Waals surface area contributed by atoms with Crippen molar-refractivity contribution < 1.29 is 37.7 Å². The third-order valence-electron chi connectivity index (χ3n) is 6.09. The molecule has 0 aromatic heterocycles. The zero-order valence-electron chi connectivity index (χ0n) is 19.5. The topological polar surface area (TPSA) is 92.7 Å². The van der Waals surface area contributed by atoms with Crippen LogP contribution in [0, 0.1) is 0 Å². The van der Waals surface area contributed by atoms with E-state index in [2.05, 4.69) is 0 Å². The first kappa shape index (κ1) is 24.7. The largest absolute Gasteiger partial charge is 0.381 e. The molecule has 3 saturated heterocycles. The van der Waals surface area contributed by atoms with Crippen molar-refractivity contribution in [3.63, 3.8) is 0 Å². The van der Waals surface area contributed by atoms with Gasteiger partial charge in [0.15, 0.2) is 5.34 Å². The van der Waals surface area contributed by atoms with E-state index in [1.54, 1.807) is 13.8 Å². The number of hydrogen-bond acceptors (Lipinski definition) is 7. The Balaban J connectivity index is 1.69. The van der Waals surface area contributed by atoms with E-state index in [-0.39, 0.29) is 49.6 Å². The Labute approximate surface area is 182 Å². The standard InChI is InChI=1S/C19H37B2O8P/c1-7-11-12(8-13(20)26-11)27-18(5,6)30(22,23)25-10-19-9-24-14(16(21)29-19)15(19)28-17(2,3)4/h11-16H,7-10,20-21H2,1-6H3,(H,22,23). The Hall–Kier alpha value is 0.0799. The highest BCUT2D eigenvalue weighted by Gasteiger charge is 2.62. The number of fused-ring (bicyclic) bond motifs is 2. The minimum Gasteiger partial charge on any atom is -0.381 e. The van der Waals surface area contributed by atoms with Crippen LogP contribution in [-0.4, -0.2) is 86.8 Å². The van der Waals surface area contributed by atoms with Crippen LogP contribution in [0.3, 0.4) is 0 Å². The van der Waals surface area contributed by atoms with E-state index in [1.807, 2.05) is 43.4 Å². The Morgan fingerprint density at radius 2 is 1.87 bits per heavy atom. The second-order valence-corrected chi connectivity index (χ2v) is 12.7. The molecule has 0 aromatic rings. The molecule has 0 aliphatic carbocycles. The number of rotatable bonds is 8. The average molecular weight is 446 g/mol. The molecule has 11 heteroatoms. The van der Waals surface area contributed by atoms with Gasteiger partial charge in [0, 0.05) is 6.00 Å². The molecule has 0 saturated carbocycles. The molecule has 8 atom stereocenters. The van der Waals surface area contributed by atoms with Gasteiger partial charge in [-0.05, 0) is 47.5 Å². The van der Waals surface area contributed by atoms with E-state index < -0.39 is 24.1 Å². The van der Waals surface area contributed by atoms with Crippen molar-refractivity contribution in [2.24, 2.45) is 0 Å². The highest BCUT2D eigenvalue weighted by Crippen LogP contribution is 2.58. The normalized spacial score (nSPS) is 41.3. The molecule has 3 fully saturated rings. The molecule has 172 valence electrons. The molecule has 3 rings (SSSR count). The van der Waals surface area contributed by atoms with Gasteiger partial charge < -0.3 is 33.1 Å². The maximum absolute atomic E-state index is 13.2. The second-order valence-electron chi connectivity index (χ2n) is 10.3. The summed E-state index contributed by atoms with van der Waals surface area (Å²) in [5.41, 5.74) is -1.32. The van der Waals surface area contributed by atoms with Crippen LogP contribution in [0.25, 0.3) is 0 Å². The Kier molecular flexibility index (Phi) is 6.96. The first-order valence-corrected chi connectivity index (χ1v) is 12.6. The molecule has 8 nitrogen and oxygen atoms in total. The van der Waals surface area contributed by atoms with Crippen LogP contribution in [0.2, 0.25) is 0 Å². The maximum Gasteiger partial charge on any atom is 0.359 e. The van der Waals surface area contributed by atoms with Gasteiger partial charge in [-0.15, -0.1) is 0 Å². The van der Waals surface area contributed by atoms with Crippen LogP contribution in [0.4, 0.5) is 0 Å². The molecule has 0 aromatic carbocycles. The smallest absolute Gasteiger partial charge is 0.359 e. The van der Waals surface area contributed by atoms with Gasteiger partial charge in [-0.1, -0.05) is 6.92 Å². The molecular weight excluding hydrogens is 409 g/mol. The van der Waals surface area contributed by atoms with Gasteiger partial charge in [-0.25, -0.2) is 0 Å². The van der Waals surface area contributed by atoms with Crippen molar-refractivity contribution in [2.75, 3.05) is 13.2 Å². The summed E-state index contributed by atoms with van der Waals surface area (Å²) in [6.45, 7) is 11.3. The third kappa shape index (κ3) is 4.86. The quantitative estimate of drug-likeness (QED) is 0.432. The van der Waals surface area contributed by atoms with Crippen LogP contribution in [-0.2, 0) is 32.8 Å². The lowest BCUT2D eigenvalue weighted by molar-refractivity contribution is -0.153. The summed E-state index contributed by atoms with van der Waals surface area (Å²) in [5.74, 6) is 0. The van der Waals surface area contributed by atoms with E-state index in [4.69, 9.17) is 28.2 Å². The summed E-state index contributed by atoms with van der Waals surface area (Å²) in [6.07, 6.45) is 0.527. The van der Waals surface area contributed by atoms with Crippen LogP contribution in [0.1, 0.15) is 54.4 Å². The van der Waals surface area contributed by atoms with Crippen LogP contribution in [0.15, 0.2) is 0 Å². The van der Waals surface area contributed by atoms with Crippen molar-refractivity contribution in [1.82, 2.24) is 0 Å². The molecule has 3 aliphatic heterocycles. The minimum absolute atomic E-state index is 0.0601. The maximum atomic E-state index is 13.2. The lowest BCUT2D eigenvalue weighted by Gasteiger charge is -2.37. The van der Waals surface area contributed by atoms with Gasteiger partial charge in [0.2, 0.25) is 0 Å². The van der Waals surface area contributed by atoms with Crippen LogP contribution < -0.4 is 0 Å². The molecule has 30 heavy (non-hydrogen) atoms. The van der Waals surface area contributed by atoms with Gasteiger partial charge in [0.1, 0.15) is 33.5 Å². The van der Waals surface area contributed by atoms with Crippen molar-refractivity contribution in [2.45, 2.75) is 107 Å². The highest BCUT2D eigenvalue weighted by molar-refractivity contribution is 7.54. The average Bonchev–Trinajstić information content (AvgIpc) is 3.20. The highest BCUT2D eigenvalue weighted by atomic mass is 31.2. The molecule has 0 spiro atoms. The fraction of sp³-hybridized carbons (Fsp3) is 1.00.